The zero-order valence-corrected chi connectivity index (χ0v) is 14.3. The molecule has 0 amide bonds. The van der Waals surface area contributed by atoms with Crippen molar-refractivity contribution in [2.24, 2.45) is 5.92 Å². The zero-order valence-electron chi connectivity index (χ0n) is 12.7. The number of nitrogens with one attached hydrogen (secondary N) is 1. The Labute approximate surface area is 128 Å². The van der Waals surface area contributed by atoms with Crippen LogP contribution in [0.5, 0.6) is 0 Å². The predicted molar refractivity (Wildman–Crippen MR) is 86.7 cm³/mol. The first kappa shape index (κ1) is 16.6. The SMILES string of the molecule is CC(C)CS(=O)(=O)N1CCC(NC2CCSCC2)CC1. The molecule has 0 spiro atoms. The molecule has 118 valence electrons. The summed E-state index contributed by atoms with van der Waals surface area (Å²) < 4.78 is 26.1. The van der Waals surface area contributed by atoms with Gasteiger partial charge in [-0.25, -0.2) is 12.7 Å². The smallest absolute Gasteiger partial charge is 0.214 e. The number of nitrogens with zero attached hydrogens (tertiary/aromatic N) is 1. The third-order valence-electron chi connectivity index (χ3n) is 4.08. The van der Waals surface area contributed by atoms with Crippen LogP contribution in [0.1, 0.15) is 39.5 Å². The molecule has 2 aliphatic heterocycles. The summed E-state index contributed by atoms with van der Waals surface area (Å²) in [6.45, 7) is 5.31. The lowest BCUT2D eigenvalue weighted by Gasteiger charge is -2.35. The van der Waals surface area contributed by atoms with E-state index in [1.54, 1.807) is 4.31 Å². The largest absolute Gasteiger partial charge is 0.311 e. The van der Waals surface area contributed by atoms with Gasteiger partial charge in [-0.3, -0.25) is 0 Å². The molecule has 2 saturated heterocycles. The van der Waals surface area contributed by atoms with Crippen LogP contribution in [0.3, 0.4) is 0 Å². The van der Waals surface area contributed by atoms with Crippen LogP contribution in [-0.4, -0.2) is 55.2 Å². The third kappa shape index (κ3) is 4.90. The van der Waals surface area contributed by atoms with Gasteiger partial charge in [-0.15, -0.1) is 0 Å². The number of sulfonamides is 1. The van der Waals surface area contributed by atoms with E-state index in [0.29, 0.717) is 25.2 Å². The first-order chi connectivity index (χ1) is 9.47. The molecule has 1 N–H and O–H groups in total. The normalized spacial score (nSPS) is 24.4. The summed E-state index contributed by atoms with van der Waals surface area (Å²) in [6, 6.07) is 1.16. The van der Waals surface area contributed by atoms with Gasteiger partial charge in [0.25, 0.3) is 0 Å². The molecule has 0 aromatic heterocycles. The topological polar surface area (TPSA) is 49.4 Å². The minimum absolute atomic E-state index is 0.204. The van der Waals surface area contributed by atoms with Crippen LogP contribution in [0.15, 0.2) is 0 Å². The molecule has 0 unspecified atom stereocenters. The van der Waals surface area contributed by atoms with E-state index in [0.717, 1.165) is 12.8 Å². The highest BCUT2D eigenvalue weighted by Gasteiger charge is 2.29. The number of hydrogen-bond donors (Lipinski definition) is 1. The molecule has 0 atom stereocenters. The maximum Gasteiger partial charge on any atom is 0.214 e. The van der Waals surface area contributed by atoms with Crippen molar-refractivity contribution in [1.29, 1.82) is 0 Å². The average molecular weight is 321 g/mol. The highest BCUT2D eigenvalue weighted by Crippen LogP contribution is 2.21. The second kappa shape index (κ2) is 7.47. The van der Waals surface area contributed by atoms with Gasteiger partial charge in [0.1, 0.15) is 0 Å². The Morgan fingerprint density at radius 1 is 1.10 bits per heavy atom. The Kier molecular flexibility index (Phi) is 6.20. The summed E-state index contributed by atoms with van der Waals surface area (Å²) in [5, 5.41) is 3.74. The highest BCUT2D eigenvalue weighted by atomic mass is 32.2. The van der Waals surface area contributed by atoms with E-state index < -0.39 is 10.0 Å². The Morgan fingerprint density at radius 2 is 1.65 bits per heavy atom. The van der Waals surface area contributed by atoms with E-state index in [4.69, 9.17) is 0 Å². The van der Waals surface area contributed by atoms with Crippen molar-refractivity contribution in [2.45, 2.75) is 51.6 Å². The summed E-state index contributed by atoms with van der Waals surface area (Å²) in [6.07, 6.45) is 4.44. The van der Waals surface area contributed by atoms with Crippen LogP contribution in [0.2, 0.25) is 0 Å². The highest BCUT2D eigenvalue weighted by molar-refractivity contribution is 7.99. The van der Waals surface area contributed by atoms with E-state index in [1.807, 2.05) is 25.6 Å². The molecule has 2 aliphatic rings. The van der Waals surface area contributed by atoms with Crippen LogP contribution < -0.4 is 5.32 Å². The molecule has 2 heterocycles. The molecule has 0 aliphatic carbocycles. The molecule has 0 aromatic rings. The van der Waals surface area contributed by atoms with Crippen molar-refractivity contribution in [3.05, 3.63) is 0 Å². The zero-order chi connectivity index (χ0) is 14.6. The van der Waals surface area contributed by atoms with Crippen LogP contribution in [-0.2, 0) is 10.0 Å². The third-order valence-corrected chi connectivity index (χ3v) is 7.37. The van der Waals surface area contributed by atoms with E-state index in [2.05, 4.69) is 5.32 Å². The quantitative estimate of drug-likeness (QED) is 0.841. The Balaban J connectivity index is 1.77. The standard InChI is InChI=1S/C14H28N2O2S2/c1-12(2)11-20(17,18)16-7-3-13(4-8-16)15-14-5-9-19-10-6-14/h12-15H,3-11H2,1-2H3. The molecule has 4 nitrogen and oxygen atoms in total. The van der Waals surface area contributed by atoms with Gasteiger partial charge >= 0.3 is 0 Å². The predicted octanol–water partition coefficient (Wildman–Crippen LogP) is 1.92. The monoisotopic (exact) mass is 320 g/mol. The summed E-state index contributed by atoms with van der Waals surface area (Å²) in [5.41, 5.74) is 0. The van der Waals surface area contributed by atoms with Gasteiger partial charge < -0.3 is 5.32 Å². The van der Waals surface area contributed by atoms with Crippen molar-refractivity contribution in [3.63, 3.8) is 0 Å². The van der Waals surface area contributed by atoms with Gasteiger partial charge in [0.2, 0.25) is 10.0 Å². The van der Waals surface area contributed by atoms with E-state index in [9.17, 15) is 8.42 Å². The van der Waals surface area contributed by atoms with Crippen molar-refractivity contribution >= 4 is 21.8 Å². The molecule has 6 heteroatoms. The van der Waals surface area contributed by atoms with Crippen molar-refractivity contribution < 1.29 is 8.42 Å². The number of thioether (sulfide) groups is 1. The fourth-order valence-electron chi connectivity index (χ4n) is 3.02. The molecule has 2 rings (SSSR count). The van der Waals surface area contributed by atoms with Crippen LogP contribution >= 0.6 is 11.8 Å². The second-order valence-corrected chi connectivity index (χ2v) is 9.64. The van der Waals surface area contributed by atoms with Gasteiger partial charge in [-0.05, 0) is 43.1 Å². The maximum atomic E-state index is 12.2. The Morgan fingerprint density at radius 3 is 2.20 bits per heavy atom. The lowest BCUT2D eigenvalue weighted by molar-refractivity contribution is 0.268. The molecule has 20 heavy (non-hydrogen) atoms. The second-order valence-electron chi connectivity index (χ2n) is 6.40. The number of rotatable bonds is 5. The Bertz CT molecular complexity index is 384. The van der Waals surface area contributed by atoms with Gasteiger partial charge in [-0.2, -0.15) is 11.8 Å². The molecule has 0 saturated carbocycles. The lowest BCUT2D eigenvalue weighted by Crippen LogP contribution is -2.49. The van der Waals surface area contributed by atoms with E-state index in [1.165, 1.54) is 24.3 Å². The molecule has 0 bridgehead atoms. The van der Waals surface area contributed by atoms with Gasteiger partial charge in [-0.1, -0.05) is 13.8 Å². The van der Waals surface area contributed by atoms with Gasteiger partial charge in [0.05, 0.1) is 5.75 Å². The number of hydrogen-bond acceptors (Lipinski definition) is 4. The maximum absolute atomic E-state index is 12.2. The van der Waals surface area contributed by atoms with Crippen molar-refractivity contribution in [3.8, 4) is 0 Å². The Hall–Kier alpha value is 0.220. The van der Waals surface area contributed by atoms with Crippen LogP contribution in [0.4, 0.5) is 0 Å². The summed E-state index contributed by atoms with van der Waals surface area (Å²) in [4.78, 5) is 0. The first-order valence-electron chi connectivity index (χ1n) is 7.79. The molecular weight excluding hydrogens is 292 g/mol. The fraction of sp³-hybridized carbons (Fsp3) is 1.00. The van der Waals surface area contributed by atoms with E-state index >= 15 is 0 Å². The molecule has 2 fully saturated rings. The summed E-state index contributed by atoms with van der Waals surface area (Å²) in [5.74, 6) is 3.01. The van der Waals surface area contributed by atoms with Crippen LogP contribution in [0, 0.1) is 5.92 Å². The molecule has 0 aromatic carbocycles. The van der Waals surface area contributed by atoms with Crippen molar-refractivity contribution in [2.75, 3.05) is 30.3 Å². The average Bonchev–Trinajstić information content (AvgIpc) is 2.39. The minimum Gasteiger partial charge on any atom is -0.311 e. The molecular formula is C14H28N2O2S2. The summed E-state index contributed by atoms with van der Waals surface area (Å²) in [7, 11) is -3.04. The fourth-order valence-corrected chi connectivity index (χ4v) is 5.95. The van der Waals surface area contributed by atoms with Crippen molar-refractivity contribution in [1.82, 2.24) is 9.62 Å². The molecule has 0 radical (unpaired) electrons. The number of piperidine rings is 1. The van der Waals surface area contributed by atoms with Gasteiger partial charge in [0, 0.05) is 25.2 Å². The van der Waals surface area contributed by atoms with E-state index in [-0.39, 0.29) is 11.7 Å². The summed E-state index contributed by atoms with van der Waals surface area (Å²) >= 11 is 2.04. The lowest BCUT2D eigenvalue weighted by atomic mass is 10.0. The van der Waals surface area contributed by atoms with Gasteiger partial charge in [0.15, 0.2) is 0 Å². The minimum atomic E-state index is -3.04. The first-order valence-corrected chi connectivity index (χ1v) is 10.6. The van der Waals surface area contributed by atoms with Crippen LogP contribution in [0.25, 0.3) is 0 Å².